The highest BCUT2D eigenvalue weighted by Gasteiger charge is 2.33. The minimum atomic E-state index is -0.0160. The molecule has 0 aliphatic carbocycles. The summed E-state index contributed by atoms with van der Waals surface area (Å²) in [6.07, 6.45) is 1.66. The second-order valence-electron chi connectivity index (χ2n) is 4.48. The summed E-state index contributed by atoms with van der Waals surface area (Å²) in [5.41, 5.74) is 3.26. The third-order valence-corrected chi connectivity index (χ3v) is 3.25. The quantitative estimate of drug-likeness (QED) is 0.792. The van der Waals surface area contributed by atoms with Crippen molar-refractivity contribution in [3.8, 4) is 0 Å². The fourth-order valence-corrected chi connectivity index (χ4v) is 2.36. The largest absolute Gasteiger partial charge is 0.499 e. The number of benzene rings is 2. The fourth-order valence-electron chi connectivity index (χ4n) is 2.36. The van der Waals surface area contributed by atoms with Crippen LogP contribution in [0.3, 0.4) is 0 Å². The molecule has 20 heavy (non-hydrogen) atoms. The number of fused-ring (bicyclic) bond motifs is 1. The van der Waals surface area contributed by atoms with Gasteiger partial charge in [-0.25, -0.2) is 0 Å². The third-order valence-electron chi connectivity index (χ3n) is 3.25. The van der Waals surface area contributed by atoms with Gasteiger partial charge in [-0.05, 0) is 25.1 Å². The van der Waals surface area contributed by atoms with Gasteiger partial charge in [-0.2, -0.15) is 0 Å². The Kier molecular flexibility index (Phi) is 3.25. The Balaban J connectivity index is 2.13. The molecule has 0 bridgehead atoms. The number of para-hydroxylation sites is 1. The van der Waals surface area contributed by atoms with Crippen molar-refractivity contribution in [1.29, 1.82) is 0 Å². The molecule has 0 spiro atoms. The van der Waals surface area contributed by atoms with Crippen LogP contribution < -0.4 is 4.90 Å². The zero-order chi connectivity index (χ0) is 13.9. The molecule has 0 unspecified atom stereocenters. The van der Waals surface area contributed by atoms with E-state index in [1.54, 1.807) is 11.2 Å². The molecule has 1 amide bonds. The second-order valence-corrected chi connectivity index (χ2v) is 4.48. The smallest absolute Gasteiger partial charge is 0.263 e. The van der Waals surface area contributed by atoms with E-state index in [2.05, 4.69) is 0 Å². The molecule has 1 heterocycles. The predicted octanol–water partition coefficient (Wildman–Crippen LogP) is 3.68. The normalized spacial score (nSPS) is 15.6. The standard InChI is InChI=1S/C17H15NO2/c1-2-20-12-16-14-10-6-7-11-15(14)17(19)18(16)13-8-4-3-5-9-13/h3-12H,2H2,1H3/b16-12+. The van der Waals surface area contributed by atoms with Crippen LogP contribution in [0.25, 0.3) is 5.70 Å². The Morgan fingerprint density at radius 3 is 2.35 bits per heavy atom. The maximum absolute atomic E-state index is 12.6. The second kappa shape index (κ2) is 5.21. The highest BCUT2D eigenvalue weighted by Crippen LogP contribution is 2.36. The highest BCUT2D eigenvalue weighted by atomic mass is 16.5. The number of rotatable bonds is 3. The summed E-state index contributed by atoms with van der Waals surface area (Å²) in [4.78, 5) is 14.3. The summed E-state index contributed by atoms with van der Waals surface area (Å²) < 4.78 is 5.42. The Bertz CT molecular complexity index is 662. The summed E-state index contributed by atoms with van der Waals surface area (Å²) in [6.45, 7) is 2.50. The number of hydrogen-bond donors (Lipinski definition) is 0. The maximum Gasteiger partial charge on any atom is 0.263 e. The number of amides is 1. The van der Waals surface area contributed by atoms with E-state index < -0.39 is 0 Å². The Hall–Kier alpha value is -2.55. The van der Waals surface area contributed by atoms with Crippen molar-refractivity contribution in [2.45, 2.75) is 6.92 Å². The molecule has 0 radical (unpaired) electrons. The number of carbonyl (C=O) groups excluding carboxylic acids is 1. The van der Waals surface area contributed by atoms with E-state index in [4.69, 9.17) is 4.74 Å². The minimum absolute atomic E-state index is 0.0160. The van der Waals surface area contributed by atoms with Gasteiger partial charge in [-0.1, -0.05) is 36.4 Å². The molecule has 2 aromatic carbocycles. The van der Waals surface area contributed by atoms with Crippen molar-refractivity contribution in [3.63, 3.8) is 0 Å². The summed E-state index contributed by atoms with van der Waals surface area (Å²) in [6, 6.07) is 17.2. The Labute approximate surface area is 118 Å². The molecule has 0 saturated carbocycles. The van der Waals surface area contributed by atoms with Gasteiger partial charge in [0.1, 0.15) is 6.26 Å². The van der Waals surface area contributed by atoms with Crippen molar-refractivity contribution < 1.29 is 9.53 Å². The molecule has 0 fully saturated rings. The summed E-state index contributed by atoms with van der Waals surface area (Å²) >= 11 is 0. The summed E-state index contributed by atoms with van der Waals surface area (Å²) in [5, 5.41) is 0. The molecule has 0 saturated heterocycles. The molecule has 3 heteroatoms. The third kappa shape index (κ3) is 1.97. The summed E-state index contributed by atoms with van der Waals surface area (Å²) in [7, 11) is 0. The number of carbonyl (C=O) groups is 1. The van der Waals surface area contributed by atoms with Crippen molar-refractivity contribution in [3.05, 3.63) is 72.0 Å². The van der Waals surface area contributed by atoms with Crippen LogP contribution in [-0.2, 0) is 4.74 Å². The molecule has 0 atom stereocenters. The zero-order valence-corrected chi connectivity index (χ0v) is 11.2. The first kappa shape index (κ1) is 12.5. The fraction of sp³-hybridized carbons (Fsp3) is 0.118. The zero-order valence-electron chi connectivity index (χ0n) is 11.2. The van der Waals surface area contributed by atoms with Gasteiger partial charge >= 0.3 is 0 Å². The van der Waals surface area contributed by atoms with E-state index in [9.17, 15) is 4.79 Å². The van der Waals surface area contributed by atoms with Crippen LogP contribution in [0.2, 0.25) is 0 Å². The lowest BCUT2D eigenvalue weighted by molar-refractivity contribution is 0.101. The van der Waals surface area contributed by atoms with E-state index in [1.165, 1.54) is 0 Å². The molecule has 0 aromatic heterocycles. The van der Waals surface area contributed by atoms with Crippen molar-refractivity contribution in [2.75, 3.05) is 11.5 Å². The van der Waals surface area contributed by atoms with Crippen LogP contribution >= 0.6 is 0 Å². The van der Waals surface area contributed by atoms with Crippen LogP contribution in [0.15, 0.2) is 60.9 Å². The molecule has 1 aliphatic heterocycles. The van der Waals surface area contributed by atoms with Gasteiger partial charge in [0.2, 0.25) is 0 Å². The van der Waals surface area contributed by atoms with E-state index in [-0.39, 0.29) is 5.91 Å². The predicted molar refractivity (Wildman–Crippen MR) is 79.3 cm³/mol. The number of hydrogen-bond acceptors (Lipinski definition) is 2. The SMILES string of the molecule is CCO/C=C1\c2ccccc2C(=O)N1c1ccccc1. The first-order chi connectivity index (χ1) is 9.83. The number of ether oxygens (including phenoxy) is 1. The van der Waals surface area contributed by atoms with Crippen LogP contribution in [0.1, 0.15) is 22.8 Å². The molecule has 3 nitrogen and oxygen atoms in total. The maximum atomic E-state index is 12.6. The van der Waals surface area contributed by atoms with E-state index in [0.717, 1.165) is 16.9 Å². The topological polar surface area (TPSA) is 29.5 Å². The molecular weight excluding hydrogens is 250 g/mol. The molecule has 100 valence electrons. The average molecular weight is 265 g/mol. The van der Waals surface area contributed by atoms with Crippen molar-refractivity contribution >= 4 is 17.3 Å². The Morgan fingerprint density at radius 1 is 1.00 bits per heavy atom. The van der Waals surface area contributed by atoms with Gasteiger partial charge in [0.15, 0.2) is 0 Å². The summed E-state index contributed by atoms with van der Waals surface area (Å²) in [5.74, 6) is -0.0160. The molecule has 2 aromatic rings. The lowest BCUT2D eigenvalue weighted by atomic mass is 10.1. The van der Waals surface area contributed by atoms with Gasteiger partial charge in [-0.3, -0.25) is 9.69 Å². The lowest BCUT2D eigenvalue weighted by Crippen LogP contribution is -2.22. The molecular formula is C17H15NO2. The van der Waals surface area contributed by atoms with E-state index >= 15 is 0 Å². The van der Waals surface area contributed by atoms with Crippen molar-refractivity contribution in [2.24, 2.45) is 0 Å². The first-order valence-corrected chi connectivity index (χ1v) is 6.63. The van der Waals surface area contributed by atoms with Crippen LogP contribution in [0.5, 0.6) is 0 Å². The van der Waals surface area contributed by atoms with Gasteiger partial charge in [-0.15, -0.1) is 0 Å². The Morgan fingerprint density at radius 2 is 1.65 bits per heavy atom. The van der Waals surface area contributed by atoms with E-state index in [0.29, 0.717) is 12.2 Å². The van der Waals surface area contributed by atoms with Gasteiger partial charge in [0.05, 0.1) is 12.3 Å². The first-order valence-electron chi connectivity index (χ1n) is 6.63. The average Bonchev–Trinajstić information content (AvgIpc) is 2.79. The van der Waals surface area contributed by atoms with E-state index in [1.807, 2.05) is 61.5 Å². The van der Waals surface area contributed by atoms with Crippen molar-refractivity contribution in [1.82, 2.24) is 0 Å². The van der Waals surface area contributed by atoms with Crippen LogP contribution in [0, 0.1) is 0 Å². The number of nitrogens with zero attached hydrogens (tertiary/aromatic N) is 1. The van der Waals surface area contributed by atoms with Gasteiger partial charge < -0.3 is 4.74 Å². The van der Waals surface area contributed by atoms with Crippen LogP contribution in [-0.4, -0.2) is 12.5 Å². The minimum Gasteiger partial charge on any atom is -0.499 e. The van der Waals surface area contributed by atoms with Gasteiger partial charge in [0.25, 0.3) is 5.91 Å². The van der Waals surface area contributed by atoms with Crippen LogP contribution in [0.4, 0.5) is 5.69 Å². The van der Waals surface area contributed by atoms with Gasteiger partial charge in [0, 0.05) is 16.8 Å². The molecule has 1 aliphatic rings. The molecule has 0 N–H and O–H groups in total. The lowest BCUT2D eigenvalue weighted by Gasteiger charge is -2.18. The number of anilines is 1. The molecule has 3 rings (SSSR count). The highest BCUT2D eigenvalue weighted by molar-refractivity contribution is 6.22. The monoisotopic (exact) mass is 265 g/mol.